The van der Waals surface area contributed by atoms with Crippen LogP contribution in [0.3, 0.4) is 0 Å². The minimum absolute atomic E-state index is 0.111. The number of rotatable bonds is 2. The van der Waals surface area contributed by atoms with Gasteiger partial charge in [-0.1, -0.05) is 26.6 Å². The van der Waals surface area contributed by atoms with E-state index < -0.39 is 8.07 Å². The van der Waals surface area contributed by atoms with Crippen LogP contribution in [0.2, 0.25) is 19.6 Å². The second-order valence-electron chi connectivity index (χ2n) is 5.36. The molecule has 4 heteroatoms. The molecule has 1 rings (SSSR count). The smallest absolute Gasteiger partial charge is 0.409 e. The minimum atomic E-state index is -1.39. The Morgan fingerprint density at radius 2 is 2.07 bits per heavy atom. The summed E-state index contributed by atoms with van der Waals surface area (Å²) in [5.41, 5.74) is 0. The predicted octanol–water partition coefficient (Wildman–Crippen LogP) is 2.87. The highest BCUT2D eigenvalue weighted by atomic mass is 28.3. The van der Waals surface area contributed by atoms with Crippen LogP contribution in [0.25, 0.3) is 0 Å². The minimum Gasteiger partial charge on any atom is -0.453 e. The van der Waals surface area contributed by atoms with Gasteiger partial charge in [0.15, 0.2) is 0 Å². The molecule has 1 atom stereocenters. The number of methoxy groups -OCH3 is 1. The SMILES string of the molecule is CCC1([Si](C)(C)C)CCCN1C(=O)OC. The molecule has 1 aliphatic heterocycles. The van der Waals surface area contributed by atoms with Gasteiger partial charge in [-0.3, -0.25) is 0 Å². The second kappa shape index (κ2) is 4.16. The summed E-state index contributed by atoms with van der Waals surface area (Å²) in [5, 5.41) is 0.111. The first-order chi connectivity index (χ1) is 6.89. The Bertz CT molecular complexity index is 249. The molecule has 1 fully saturated rings. The molecule has 88 valence electrons. The quantitative estimate of drug-likeness (QED) is 0.681. The van der Waals surface area contributed by atoms with Gasteiger partial charge in [0.2, 0.25) is 0 Å². The number of hydrogen-bond donors (Lipinski definition) is 0. The average molecular weight is 229 g/mol. The average Bonchev–Trinajstić information content (AvgIpc) is 2.60. The third-order valence-electron chi connectivity index (χ3n) is 3.86. The van der Waals surface area contributed by atoms with Crippen LogP contribution >= 0.6 is 0 Å². The summed E-state index contributed by atoms with van der Waals surface area (Å²) in [4.78, 5) is 13.7. The Kier molecular flexibility index (Phi) is 3.48. The molecule has 0 N–H and O–H groups in total. The van der Waals surface area contributed by atoms with Crippen LogP contribution in [0.15, 0.2) is 0 Å². The molecule has 0 aliphatic carbocycles. The Hall–Kier alpha value is -0.513. The third kappa shape index (κ3) is 1.91. The van der Waals surface area contributed by atoms with Gasteiger partial charge < -0.3 is 9.64 Å². The number of likely N-dealkylation sites (tertiary alicyclic amines) is 1. The van der Waals surface area contributed by atoms with Gasteiger partial charge in [-0.25, -0.2) is 4.79 Å². The molecule has 0 spiro atoms. The number of carbonyl (C=O) groups excluding carboxylic acids is 1. The van der Waals surface area contributed by atoms with Crippen molar-refractivity contribution in [1.29, 1.82) is 0 Å². The summed E-state index contributed by atoms with van der Waals surface area (Å²) in [6, 6.07) is 0. The summed E-state index contributed by atoms with van der Waals surface area (Å²) >= 11 is 0. The molecule has 1 heterocycles. The van der Waals surface area contributed by atoms with E-state index in [9.17, 15) is 4.79 Å². The van der Waals surface area contributed by atoms with Crippen molar-refractivity contribution < 1.29 is 9.53 Å². The highest BCUT2D eigenvalue weighted by Gasteiger charge is 2.51. The zero-order valence-electron chi connectivity index (χ0n) is 10.6. The number of carbonyl (C=O) groups is 1. The Balaban J connectivity index is 3.02. The van der Waals surface area contributed by atoms with Crippen molar-refractivity contribution in [2.24, 2.45) is 0 Å². The largest absolute Gasteiger partial charge is 0.453 e. The molecular weight excluding hydrogens is 206 g/mol. The Labute approximate surface area is 93.8 Å². The van der Waals surface area contributed by atoms with E-state index in [0.717, 1.165) is 25.8 Å². The highest BCUT2D eigenvalue weighted by Crippen LogP contribution is 2.40. The standard InChI is InChI=1S/C11H23NO2Si/c1-6-11(15(3,4)5)8-7-9-12(11)10(13)14-2/h6-9H2,1-5H3. The summed E-state index contributed by atoms with van der Waals surface area (Å²) in [7, 11) is 0.0860. The summed E-state index contributed by atoms with van der Waals surface area (Å²) in [6.07, 6.45) is 3.18. The van der Waals surface area contributed by atoms with Crippen LogP contribution < -0.4 is 0 Å². The van der Waals surface area contributed by atoms with Crippen molar-refractivity contribution in [3.05, 3.63) is 0 Å². The molecule has 1 saturated heterocycles. The number of ether oxygens (including phenoxy) is 1. The molecule has 1 aliphatic rings. The highest BCUT2D eigenvalue weighted by molar-refractivity contribution is 6.79. The maximum absolute atomic E-state index is 11.8. The topological polar surface area (TPSA) is 29.5 Å². The molecule has 15 heavy (non-hydrogen) atoms. The Morgan fingerprint density at radius 3 is 2.47 bits per heavy atom. The van der Waals surface area contributed by atoms with E-state index in [1.165, 1.54) is 7.11 Å². The fourth-order valence-electron chi connectivity index (χ4n) is 2.93. The monoisotopic (exact) mass is 229 g/mol. The molecule has 1 amide bonds. The summed E-state index contributed by atoms with van der Waals surface area (Å²) < 4.78 is 4.90. The zero-order chi connectivity index (χ0) is 11.7. The van der Waals surface area contributed by atoms with E-state index in [-0.39, 0.29) is 11.3 Å². The van der Waals surface area contributed by atoms with Gasteiger partial charge in [0, 0.05) is 11.7 Å². The van der Waals surface area contributed by atoms with E-state index in [1.807, 2.05) is 4.90 Å². The van der Waals surface area contributed by atoms with Crippen LogP contribution in [0.4, 0.5) is 4.79 Å². The van der Waals surface area contributed by atoms with Gasteiger partial charge in [-0.2, -0.15) is 0 Å². The molecule has 3 nitrogen and oxygen atoms in total. The van der Waals surface area contributed by atoms with Crippen LogP contribution in [-0.4, -0.2) is 37.9 Å². The van der Waals surface area contributed by atoms with Crippen LogP contribution in [0.1, 0.15) is 26.2 Å². The van der Waals surface area contributed by atoms with Crippen LogP contribution in [0, 0.1) is 0 Å². The fourth-order valence-corrected chi connectivity index (χ4v) is 5.93. The van der Waals surface area contributed by atoms with Crippen molar-refractivity contribution in [1.82, 2.24) is 4.90 Å². The normalized spacial score (nSPS) is 26.9. The van der Waals surface area contributed by atoms with E-state index in [4.69, 9.17) is 4.74 Å². The van der Waals surface area contributed by atoms with Gasteiger partial charge in [-0.15, -0.1) is 0 Å². The van der Waals surface area contributed by atoms with Crippen molar-refractivity contribution in [2.75, 3.05) is 13.7 Å². The van der Waals surface area contributed by atoms with Crippen molar-refractivity contribution in [3.63, 3.8) is 0 Å². The molecule has 1 unspecified atom stereocenters. The third-order valence-corrected chi connectivity index (χ3v) is 7.53. The van der Waals surface area contributed by atoms with Gasteiger partial charge in [0.05, 0.1) is 15.2 Å². The summed E-state index contributed by atoms with van der Waals surface area (Å²) in [5.74, 6) is 0. The van der Waals surface area contributed by atoms with Crippen molar-refractivity contribution in [2.45, 2.75) is 51.0 Å². The second-order valence-corrected chi connectivity index (χ2v) is 10.8. The van der Waals surface area contributed by atoms with E-state index >= 15 is 0 Å². The molecule has 0 aromatic carbocycles. The van der Waals surface area contributed by atoms with Gasteiger partial charge in [0.1, 0.15) is 0 Å². The lowest BCUT2D eigenvalue weighted by molar-refractivity contribution is 0.106. The first kappa shape index (κ1) is 12.6. The van der Waals surface area contributed by atoms with Gasteiger partial charge in [-0.05, 0) is 19.3 Å². The lowest BCUT2D eigenvalue weighted by Gasteiger charge is -2.46. The fraction of sp³-hybridized carbons (Fsp3) is 0.909. The predicted molar refractivity (Wildman–Crippen MR) is 64.7 cm³/mol. The maximum atomic E-state index is 11.8. The number of nitrogens with zero attached hydrogens (tertiary/aromatic N) is 1. The van der Waals surface area contributed by atoms with E-state index in [0.29, 0.717) is 0 Å². The molecule has 0 saturated carbocycles. The Morgan fingerprint density at radius 1 is 1.47 bits per heavy atom. The van der Waals surface area contributed by atoms with Gasteiger partial charge >= 0.3 is 6.09 Å². The molecule has 0 radical (unpaired) electrons. The molecule has 0 bridgehead atoms. The lowest BCUT2D eigenvalue weighted by Crippen LogP contribution is -2.61. The van der Waals surface area contributed by atoms with Crippen molar-refractivity contribution in [3.8, 4) is 0 Å². The van der Waals surface area contributed by atoms with Gasteiger partial charge in [0.25, 0.3) is 0 Å². The summed E-state index contributed by atoms with van der Waals surface area (Å²) in [6.45, 7) is 10.1. The van der Waals surface area contributed by atoms with Crippen LogP contribution in [0.5, 0.6) is 0 Å². The van der Waals surface area contributed by atoms with E-state index in [2.05, 4.69) is 26.6 Å². The molecule has 0 aromatic heterocycles. The van der Waals surface area contributed by atoms with Crippen molar-refractivity contribution >= 4 is 14.2 Å². The first-order valence-corrected chi connectivity index (χ1v) is 9.24. The lowest BCUT2D eigenvalue weighted by atomic mass is 10.1. The molecule has 0 aromatic rings. The number of amides is 1. The molecular formula is C11H23NO2Si. The van der Waals surface area contributed by atoms with Crippen LogP contribution in [-0.2, 0) is 4.74 Å². The van der Waals surface area contributed by atoms with E-state index in [1.54, 1.807) is 0 Å². The number of hydrogen-bond acceptors (Lipinski definition) is 2. The zero-order valence-corrected chi connectivity index (χ0v) is 11.6. The maximum Gasteiger partial charge on any atom is 0.409 e. The first-order valence-electron chi connectivity index (χ1n) is 5.74.